The van der Waals surface area contributed by atoms with Crippen molar-refractivity contribution >= 4 is 0 Å². The van der Waals surface area contributed by atoms with Gasteiger partial charge in [-0.2, -0.15) is 0 Å². The molecule has 1 aromatic carbocycles. The fourth-order valence-corrected chi connectivity index (χ4v) is 2.88. The molecule has 16 heavy (non-hydrogen) atoms. The lowest BCUT2D eigenvalue weighted by atomic mass is 9.86. The van der Waals surface area contributed by atoms with Crippen LogP contribution in [0.25, 0.3) is 0 Å². The van der Waals surface area contributed by atoms with E-state index in [1.54, 1.807) is 7.11 Å². The number of ether oxygens (including phenoxy) is 1. The average molecular weight is 219 g/mol. The number of nitrogens with two attached hydrogens (primary N) is 1. The number of hydrogen-bond donors (Lipinski definition) is 1. The van der Waals surface area contributed by atoms with Crippen molar-refractivity contribution in [3.8, 4) is 5.75 Å². The van der Waals surface area contributed by atoms with Crippen molar-refractivity contribution in [1.29, 1.82) is 0 Å². The van der Waals surface area contributed by atoms with E-state index in [2.05, 4.69) is 13.0 Å². The molecule has 0 bridgehead atoms. The van der Waals surface area contributed by atoms with E-state index in [1.807, 2.05) is 18.2 Å². The van der Waals surface area contributed by atoms with E-state index in [1.165, 1.54) is 19.3 Å². The van der Waals surface area contributed by atoms with Crippen LogP contribution in [-0.4, -0.2) is 7.11 Å². The highest BCUT2D eigenvalue weighted by atomic mass is 16.5. The van der Waals surface area contributed by atoms with Crippen LogP contribution >= 0.6 is 0 Å². The molecule has 0 saturated heterocycles. The summed E-state index contributed by atoms with van der Waals surface area (Å²) in [6.45, 7) is 2.31. The van der Waals surface area contributed by atoms with Gasteiger partial charge in [-0.3, -0.25) is 0 Å². The van der Waals surface area contributed by atoms with Gasteiger partial charge in [0.25, 0.3) is 0 Å². The molecule has 0 spiro atoms. The van der Waals surface area contributed by atoms with Crippen LogP contribution < -0.4 is 10.5 Å². The Kier molecular flexibility index (Phi) is 3.49. The lowest BCUT2D eigenvalue weighted by Gasteiger charge is -2.25. The van der Waals surface area contributed by atoms with Crippen LogP contribution in [0.4, 0.5) is 0 Å². The van der Waals surface area contributed by atoms with Gasteiger partial charge in [-0.05, 0) is 24.3 Å². The Labute approximate surface area is 97.8 Å². The summed E-state index contributed by atoms with van der Waals surface area (Å²) < 4.78 is 5.38. The molecule has 0 radical (unpaired) electrons. The molecule has 88 valence electrons. The molecule has 3 unspecified atom stereocenters. The van der Waals surface area contributed by atoms with E-state index in [0.29, 0.717) is 5.92 Å². The van der Waals surface area contributed by atoms with E-state index in [0.717, 1.165) is 17.2 Å². The molecule has 2 rings (SSSR count). The lowest BCUT2D eigenvalue weighted by molar-refractivity contribution is 0.336. The highest BCUT2D eigenvalue weighted by Gasteiger charge is 2.30. The smallest absolute Gasteiger partial charge is 0.123 e. The Hall–Kier alpha value is -1.02. The highest BCUT2D eigenvalue weighted by molar-refractivity contribution is 5.36. The summed E-state index contributed by atoms with van der Waals surface area (Å²) in [5, 5.41) is 0. The van der Waals surface area contributed by atoms with Crippen molar-refractivity contribution in [2.45, 2.75) is 32.2 Å². The second-order valence-electron chi connectivity index (χ2n) is 4.84. The van der Waals surface area contributed by atoms with E-state index in [4.69, 9.17) is 10.5 Å². The third kappa shape index (κ3) is 2.07. The second-order valence-corrected chi connectivity index (χ2v) is 4.84. The van der Waals surface area contributed by atoms with Gasteiger partial charge in [0.1, 0.15) is 5.75 Å². The Morgan fingerprint density at radius 2 is 2.06 bits per heavy atom. The first kappa shape index (κ1) is 11.5. The van der Waals surface area contributed by atoms with Crippen LogP contribution in [0.2, 0.25) is 0 Å². The van der Waals surface area contributed by atoms with Crippen molar-refractivity contribution in [3.63, 3.8) is 0 Å². The molecule has 2 N–H and O–H groups in total. The number of methoxy groups -OCH3 is 1. The Morgan fingerprint density at radius 1 is 1.31 bits per heavy atom. The van der Waals surface area contributed by atoms with E-state index in [-0.39, 0.29) is 6.04 Å². The van der Waals surface area contributed by atoms with E-state index < -0.39 is 0 Å². The molecule has 1 saturated carbocycles. The molecule has 0 heterocycles. The zero-order valence-electron chi connectivity index (χ0n) is 10.1. The normalized spacial score (nSPS) is 26.7. The van der Waals surface area contributed by atoms with Crippen LogP contribution in [0.1, 0.15) is 37.8 Å². The Balaban J connectivity index is 2.22. The molecule has 1 aliphatic rings. The summed E-state index contributed by atoms with van der Waals surface area (Å²) in [6.07, 6.45) is 3.88. The topological polar surface area (TPSA) is 35.2 Å². The molecule has 3 atom stereocenters. The number of rotatable bonds is 3. The number of hydrogen-bond acceptors (Lipinski definition) is 2. The first-order chi connectivity index (χ1) is 7.74. The Bertz CT molecular complexity index is 350. The maximum atomic E-state index is 6.39. The van der Waals surface area contributed by atoms with E-state index >= 15 is 0 Å². The highest BCUT2D eigenvalue weighted by Crippen LogP contribution is 2.40. The molecule has 0 amide bonds. The quantitative estimate of drug-likeness (QED) is 0.847. The maximum Gasteiger partial charge on any atom is 0.123 e. The van der Waals surface area contributed by atoms with Gasteiger partial charge in [0.05, 0.1) is 7.11 Å². The van der Waals surface area contributed by atoms with Gasteiger partial charge < -0.3 is 10.5 Å². The first-order valence-corrected chi connectivity index (χ1v) is 6.12. The standard InChI is InChI=1S/C14H21NO/c1-10-6-5-8-11(10)14(15)12-7-3-4-9-13(12)16-2/h3-4,7,9-11,14H,5-6,8,15H2,1-2H3. The van der Waals surface area contributed by atoms with Gasteiger partial charge in [-0.25, -0.2) is 0 Å². The molecule has 0 aliphatic heterocycles. The largest absolute Gasteiger partial charge is 0.496 e. The van der Waals surface area contributed by atoms with Gasteiger partial charge >= 0.3 is 0 Å². The minimum atomic E-state index is 0.119. The summed E-state index contributed by atoms with van der Waals surface area (Å²) in [4.78, 5) is 0. The molecule has 2 heteroatoms. The zero-order chi connectivity index (χ0) is 11.5. The summed E-state index contributed by atoms with van der Waals surface area (Å²) in [5.74, 6) is 2.27. The second kappa shape index (κ2) is 4.88. The summed E-state index contributed by atoms with van der Waals surface area (Å²) in [7, 11) is 1.71. The van der Waals surface area contributed by atoms with Crippen LogP contribution in [0.5, 0.6) is 5.75 Å². The number of para-hydroxylation sites is 1. The monoisotopic (exact) mass is 219 g/mol. The van der Waals surface area contributed by atoms with Crippen LogP contribution in [0.15, 0.2) is 24.3 Å². The molecular weight excluding hydrogens is 198 g/mol. The first-order valence-electron chi connectivity index (χ1n) is 6.12. The number of benzene rings is 1. The van der Waals surface area contributed by atoms with Crippen LogP contribution in [-0.2, 0) is 0 Å². The predicted octanol–water partition coefficient (Wildman–Crippen LogP) is 3.13. The van der Waals surface area contributed by atoms with Gasteiger partial charge in [-0.15, -0.1) is 0 Å². The van der Waals surface area contributed by atoms with Crippen LogP contribution in [0, 0.1) is 11.8 Å². The summed E-state index contributed by atoms with van der Waals surface area (Å²) in [6, 6.07) is 8.24. The third-order valence-electron chi connectivity index (χ3n) is 3.89. The molecule has 2 nitrogen and oxygen atoms in total. The zero-order valence-corrected chi connectivity index (χ0v) is 10.1. The molecule has 1 fully saturated rings. The SMILES string of the molecule is COc1ccccc1C(N)C1CCCC1C. The van der Waals surface area contributed by atoms with Crippen molar-refractivity contribution in [2.75, 3.05) is 7.11 Å². The van der Waals surface area contributed by atoms with Gasteiger partial charge in [0.2, 0.25) is 0 Å². The van der Waals surface area contributed by atoms with Crippen molar-refractivity contribution in [2.24, 2.45) is 17.6 Å². The summed E-state index contributed by atoms with van der Waals surface area (Å²) >= 11 is 0. The molecular formula is C14H21NO. The van der Waals surface area contributed by atoms with Gasteiger partial charge in [0.15, 0.2) is 0 Å². The third-order valence-corrected chi connectivity index (χ3v) is 3.89. The predicted molar refractivity (Wildman–Crippen MR) is 66.4 cm³/mol. The molecule has 1 aromatic rings. The maximum absolute atomic E-state index is 6.39. The van der Waals surface area contributed by atoms with Gasteiger partial charge in [-0.1, -0.05) is 38.0 Å². The van der Waals surface area contributed by atoms with Crippen molar-refractivity contribution in [1.82, 2.24) is 0 Å². The molecule has 1 aliphatic carbocycles. The summed E-state index contributed by atoms with van der Waals surface area (Å²) in [5.41, 5.74) is 7.54. The Morgan fingerprint density at radius 3 is 2.69 bits per heavy atom. The van der Waals surface area contributed by atoms with Crippen molar-refractivity contribution in [3.05, 3.63) is 29.8 Å². The lowest BCUT2D eigenvalue weighted by Crippen LogP contribution is -2.23. The van der Waals surface area contributed by atoms with Gasteiger partial charge in [0, 0.05) is 11.6 Å². The van der Waals surface area contributed by atoms with Crippen LogP contribution in [0.3, 0.4) is 0 Å². The van der Waals surface area contributed by atoms with E-state index in [9.17, 15) is 0 Å². The molecule has 0 aromatic heterocycles. The van der Waals surface area contributed by atoms with Crippen molar-refractivity contribution < 1.29 is 4.74 Å². The fourth-order valence-electron chi connectivity index (χ4n) is 2.88. The average Bonchev–Trinajstić information content (AvgIpc) is 2.74. The minimum Gasteiger partial charge on any atom is -0.496 e. The fraction of sp³-hybridized carbons (Fsp3) is 0.571. The minimum absolute atomic E-state index is 0.119.